The molecule has 1 aromatic carbocycles. The van der Waals surface area contributed by atoms with Crippen molar-refractivity contribution < 1.29 is 22.7 Å². The zero-order chi connectivity index (χ0) is 24.3. The third kappa shape index (κ3) is 5.29. The number of hydrogen-bond acceptors (Lipinski definition) is 6. The Morgan fingerprint density at radius 2 is 1.82 bits per heavy atom. The number of nitrogens with one attached hydrogen (secondary N) is 1. The summed E-state index contributed by atoms with van der Waals surface area (Å²) in [5.41, 5.74) is -0.00822. The van der Waals surface area contributed by atoms with Gasteiger partial charge in [-0.25, -0.2) is 8.42 Å². The van der Waals surface area contributed by atoms with E-state index in [4.69, 9.17) is 9.47 Å². The molecule has 2 aromatic rings. The molecule has 1 fully saturated rings. The van der Waals surface area contributed by atoms with E-state index >= 15 is 0 Å². The maximum Gasteiger partial charge on any atom is 0.256 e. The SMILES string of the molecule is CCn1cc(C(=O)NCC(OC)OC)c(=O)c2cc(S(=O)(=O)N3C[C@@H](C)C[C@H](C)C3)ccc21. The number of aromatic nitrogens is 1. The number of fused-ring (bicyclic) bond motifs is 1. The summed E-state index contributed by atoms with van der Waals surface area (Å²) in [6.07, 6.45) is 1.83. The van der Waals surface area contributed by atoms with E-state index in [0.717, 1.165) is 6.42 Å². The molecule has 0 bridgehead atoms. The second-order valence-electron chi connectivity index (χ2n) is 8.72. The van der Waals surface area contributed by atoms with Gasteiger partial charge in [0.2, 0.25) is 15.5 Å². The highest BCUT2D eigenvalue weighted by atomic mass is 32.2. The van der Waals surface area contributed by atoms with Crippen molar-refractivity contribution in [2.24, 2.45) is 11.8 Å². The molecule has 1 aliphatic rings. The number of ether oxygens (including phenoxy) is 2. The molecule has 0 radical (unpaired) electrons. The van der Waals surface area contributed by atoms with Crippen molar-refractivity contribution in [2.45, 2.75) is 44.9 Å². The Morgan fingerprint density at radius 3 is 2.39 bits per heavy atom. The lowest BCUT2D eigenvalue weighted by molar-refractivity contribution is -0.0974. The van der Waals surface area contributed by atoms with E-state index in [1.165, 1.54) is 36.9 Å². The summed E-state index contributed by atoms with van der Waals surface area (Å²) in [5, 5.41) is 2.83. The van der Waals surface area contributed by atoms with Crippen molar-refractivity contribution in [3.05, 3.63) is 40.2 Å². The molecule has 10 heteroatoms. The summed E-state index contributed by atoms with van der Waals surface area (Å²) in [4.78, 5) is 26.1. The first-order chi connectivity index (χ1) is 15.6. The van der Waals surface area contributed by atoms with E-state index in [1.54, 1.807) is 10.6 Å². The molecule has 2 heterocycles. The number of sulfonamides is 1. The summed E-state index contributed by atoms with van der Waals surface area (Å²) in [6, 6.07) is 4.57. The first kappa shape index (κ1) is 25.4. The second kappa shape index (κ2) is 10.3. The van der Waals surface area contributed by atoms with E-state index < -0.39 is 27.6 Å². The summed E-state index contributed by atoms with van der Waals surface area (Å²) >= 11 is 0. The first-order valence-corrected chi connectivity index (χ1v) is 12.6. The highest BCUT2D eigenvalue weighted by Gasteiger charge is 2.32. The van der Waals surface area contributed by atoms with Crippen LogP contribution >= 0.6 is 0 Å². The fourth-order valence-electron chi connectivity index (χ4n) is 4.45. The van der Waals surface area contributed by atoms with Crippen LogP contribution in [0.3, 0.4) is 0 Å². The Labute approximate surface area is 194 Å². The number of benzene rings is 1. The number of aryl methyl sites for hydroxylation is 1. The van der Waals surface area contributed by atoms with E-state index in [9.17, 15) is 18.0 Å². The number of pyridine rings is 1. The van der Waals surface area contributed by atoms with Crippen LogP contribution in [0.5, 0.6) is 0 Å². The molecule has 1 aliphatic heterocycles. The minimum atomic E-state index is -3.77. The van der Waals surface area contributed by atoms with Gasteiger partial charge in [0.1, 0.15) is 5.56 Å². The zero-order valence-electron chi connectivity index (χ0n) is 19.8. The van der Waals surface area contributed by atoms with Gasteiger partial charge in [-0.1, -0.05) is 13.8 Å². The van der Waals surface area contributed by atoms with Crippen LogP contribution in [0.4, 0.5) is 0 Å². The van der Waals surface area contributed by atoms with Crippen molar-refractivity contribution in [1.82, 2.24) is 14.2 Å². The van der Waals surface area contributed by atoms with E-state index in [-0.39, 0.29) is 34.2 Å². The van der Waals surface area contributed by atoms with Crippen LogP contribution in [0, 0.1) is 11.8 Å². The molecule has 3 rings (SSSR count). The largest absolute Gasteiger partial charge is 0.354 e. The highest BCUT2D eigenvalue weighted by Crippen LogP contribution is 2.28. The number of hydrogen-bond donors (Lipinski definition) is 1. The van der Waals surface area contributed by atoms with Gasteiger partial charge in [-0.15, -0.1) is 0 Å². The summed E-state index contributed by atoms with van der Waals surface area (Å²) in [6.45, 7) is 7.44. The van der Waals surface area contributed by atoms with Gasteiger partial charge in [-0.05, 0) is 43.4 Å². The number of methoxy groups -OCH3 is 2. The minimum Gasteiger partial charge on any atom is -0.354 e. The average molecular weight is 480 g/mol. The van der Waals surface area contributed by atoms with Crippen LogP contribution in [0.1, 0.15) is 37.6 Å². The monoisotopic (exact) mass is 479 g/mol. The van der Waals surface area contributed by atoms with Crippen molar-refractivity contribution in [3.8, 4) is 0 Å². The number of carbonyl (C=O) groups is 1. The molecule has 0 spiro atoms. The fourth-order valence-corrected chi connectivity index (χ4v) is 6.15. The van der Waals surface area contributed by atoms with Crippen LogP contribution in [-0.2, 0) is 26.0 Å². The summed E-state index contributed by atoms with van der Waals surface area (Å²) < 4.78 is 40.1. The molecule has 2 atom stereocenters. The Bertz CT molecular complexity index is 1160. The smallest absolute Gasteiger partial charge is 0.256 e. The molecule has 1 saturated heterocycles. The summed E-state index contributed by atoms with van der Waals surface area (Å²) in [7, 11) is -0.864. The third-order valence-corrected chi connectivity index (χ3v) is 7.89. The number of rotatable bonds is 8. The van der Waals surface area contributed by atoms with Gasteiger partial charge in [0.05, 0.1) is 17.0 Å². The fraction of sp³-hybridized carbons (Fsp3) is 0.565. The standard InChI is InChI=1S/C23H33N3O6S/c1-6-25-14-19(23(28)24-11-21(31-4)32-5)22(27)18-10-17(7-8-20(18)25)33(29,30)26-12-15(2)9-16(3)13-26/h7-8,10,14-16,21H,6,9,11-13H2,1-5H3,(H,24,28)/t15-,16-/m0/s1. The Morgan fingerprint density at radius 1 is 1.18 bits per heavy atom. The van der Waals surface area contributed by atoms with Crippen LogP contribution in [0.25, 0.3) is 10.9 Å². The maximum absolute atomic E-state index is 13.4. The summed E-state index contributed by atoms with van der Waals surface area (Å²) in [5.74, 6) is -0.0469. The lowest BCUT2D eigenvalue weighted by Crippen LogP contribution is -2.42. The Balaban J connectivity index is 2.03. The molecule has 9 nitrogen and oxygen atoms in total. The predicted octanol–water partition coefficient (Wildman–Crippen LogP) is 2.04. The predicted molar refractivity (Wildman–Crippen MR) is 126 cm³/mol. The molecule has 0 unspecified atom stereocenters. The number of nitrogens with zero attached hydrogens (tertiary/aromatic N) is 2. The molecule has 0 saturated carbocycles. The molecule has 0 aliphatic carbocycles. The molecule has 1 amide bonds. The van der Waals surface area contributed by atoms with E-state index in [2.05, 4.69) is 5.32 Å². The van der Waals surface area contributed by atoms with Gasteiger partial charge in [0.15, 0.2) is 6.29 Å². The lowest BCUT2D eigenvalue weighted by atomic mass is 9.94. The van der Waals surface area contributed by atoms with Crippen molar-refractivity contribution >= 4 is 26.8 Å². The number of amides is 1. The van der Waals surface area contributed by atoms with Crippen molar-refractivity contribution in [2.75, 3.05) is 33.9 Å². The zero-order valence-corrected chi connectivity index (χ0v) is 20.6. The van der Waals surface area contributed by atoms with Crippen LogP contribution < -0.4 is 10.7 Å². The van der Waals surface area contributed by atoms with Gasteiger partial charge in [0, 0.05) is 45.4 Å². The molecule has 1 aromatic heterocycles. The Kier molecular flexibility index (Phi) is 7.94. The van der Waals surface area contributed by atoms with E-state index in [1.807, 2.05) is 20.8 Å². The van der Waals surface area contributed by atoms with Crippen LogP contribution in [0.2, 0.25) is 0 Å². The third-order valence-electron chi connectivity index (χ3n) is 6.07. The topological polar surface area (TPSA) is 107 Å². The lowest BCUT2D eigenvalue weighted by Gasteiger charge is -2.34. The van der Waals surface area contributed by atoms with Gasteiger partial charge >= 0.3 is 0 Å². The van der Waals surface area contributed by atoms with Crippen LogP contribution in [-0.4, -0.2) is 63.3 Å². The normalized spacial score (nSPS) is 19.8. The Hall–Kier alpha value is -2.27. The molecule has 33 heavy (non-hydrogen) atoms. The second-order valence-corrected chi connectivity index (χ2v) is 10.7. The number of piperidine rings is 1. The molecule has 182 valence electrons. The highest BCUT2D eigenvalue weighted by molar-refractivity contribution is 7.89. The quantitative estimate of drug-likeness (QED) is 0.581. The van der Waals surface area contributed by atoms with Crippen molar-refractivity contribution in [1.29, 1.82) is 0 Å². The van der Waals surface area contributed by atoms with Gasteiger partial charge < -0.3 is 19.4 Å². The van der Waals surface area contributed by atoms with Gasteiger partial charge in [-0.3, -0.25) is 9.59 Å². The molecular formula is C23H33N3O6S. The molecule has 1 N–H and O–H groups in total. The van der Waals surface area contributed by atoms with Gasteiger partial charge in [0.25, 0.3) is 5.91 Å². The van der Waals surface area contributed by atoms with Crippen molar-refractivity contribution in [3.63, 3.8) is 0 Å². The average Bonchev–Trinajstić information content (AvgIpc) is 2.79. The van der Waals surface area contributed by atoms with E-state index in [0.29, 0.717) is 25.2 Å². The van der Waals surface area contributed by atoms with Crippen LogP contribution in [0.15, 0.2) is 34.1 Å². The molecular weight excluding hydrogens is 446 g/mol. The minimum absolute atomic E-state index is 0.0624. The first-order valence-electron chi connectivity index (χ1n) is 11.1. The maximum atomic E-state index is 13.4. The number of carbonyl (C=O) groups excluding carboxylic acids is 1. The van der Waals surface area contributed by atoms with Gasteiger partial charge in [-0.2, -0.15) is 4.31 Å².